The maximum atomic E-state index is 13.2. The van der Waals surface area contributed by atoms with E-state index in [0.29, 0.717) is 16.9 Å². The van der Waals surface area contributed by atoms with Gasteiger partial charge in [0, 0.05) is 29.5 Å². The summed E-state index contributed by atoms with van der Waals surface area (Å²) < 4.78 is 5.29. The van der Waals surface area contributed by atoms with Gasteiger partial charge in [-0.3, -0.25) is 9.78 Å². The van der Waals surface area contributed by atoms with Gasteiger partial charge in [0.05, 0.1) is 24.2 Å². The van der Waals surface area contributed by atoms with Crippen molar-refractivity contribution in [2.45, 2.75) is 25.3 Å². The quantitative estimate of drug-likeness (QED) is 0.305. The number of ether oxygens (including phenoxy) is 1. The van der Waals surface area contributed by atoms with Crippen LogP contribution < -0.4 is 10.1 Å². The minimum Gasteiger partial charge on any atom is -0.505 e. The molecule has 0 fully saturated rings. The maximum absolute atomic E-state index is 13.2. The third-order valence-corrected chi connectivity index (χ3v) is 6.26. The van der Waals surface area contributed by atoms with Crippen LogP contribution in [0, 0.1) is 0 Å². The van der Waals surface area contributed by atoms with Crippen LogP contribution in [0.1, 0.15) is 42.3 Å². The van der Waals surface area contributed by atoms with Crippen molar-refractivity contribution in [1.29, 1.82) is 0 Å². The van der Waals surface area contributed by atoms with E-state index in [-0.39, 0.29) is 30.0 Å². The lowest BCUT2D eigenvalue weighted by atomic mass is 9.86. The van der Waals surface area contributed by atoms with Crippen molar-refractivity contribution in [3.05, 3.63) is 95.9 Å². The summed E-state index contributed by atoms with van der Waals surface area (Å²) in [7, 11) is 1.61. The Morgan fingerprint density at radius 1 is 1.06 bits per heavy atom. The fourth-order valence-corrected chi connectivity index (χ4v) is 4.40. The molecule has 0 aliphatic carbocycles. The average Bonchev–Trinajstić information content (AvgIpc) is 3.33. The van der Waals surface area contributed by atoms with E-state index in [9.17, 15) is 9.90 Å². The Kier molecular flexibility index (Phi) is 6.06. The van der Waals surface area contributed by atoms with Crippen molar-refractivity contribution in [2.75, 3.05) is 7.11 Å². The highest BCUT2D eigenvalue weighted by Crippen LogP contribution is 2.38. The number of methoxy groups -OCH3 is 1. The first-order chi connectivity index (χ1) is 17.0. The van der Waals surface area contributed by atoms with Gasteiger partial charge in [0.1, 0.15) is 22.8 Å². The van der Waals surface area contributed by atoms with E-state index in [2.05, 4.69) is 20.3 Å². The highest BCUT2D eigenvalue weighted by atomic mass is 16.5. The Morgan fingerprint density at radius 3 is 2.63 bits per heavy atom. The molecule has 3 N–H and O–H groups in total. The monoisotopic (exact) mass is 466 g/mol. The molecule has 5 rings (SSSR count). The molecule has 1 amide bonds. The number of benzene rings is 3. The van der Waals surface area contributed by atoms with Gasteiger partial charge in [0.15, 0.2) is 0 Å². The number of aromatic hydroxyl groups is 1. The summed E-state index contributed by atoms with van der Waals surface area (Å²) in [4.78, 5) is 25.4. The number of amides is 1. The normalized spacial score (nSPS) is 13.0. The Bertz CT molecular complexity index is 1460. The molecule has 2 unspecified atom stereocenters. The predicted molar refractivity (Wildman–Crippen MR) is 136 cm³/mol. The number of nitrogens with one attached hydrogen (secondary N) is 2. The standard InChI is InChI=1S/C28H26N4O3/c1-17(28-31-23-7-3-4-8-24(23)32-28)30-25(33)16-22(18-9-12-20(35-2)13-10-18)21-14-11-19-6-5-15-29-26(19)27(21)34/h3-15,17,22,34H,16H2,1-2H3,(H,30,33)(H,31,32). The van der Waals surface area contributed by atoms with E-state index < -0.39 is 0 Å². The molecule has 0 bridgehead atoms. The van der Waals surface area contributed by atoms with Crippen LogP contribution in [0.25, 0.3) is 21.9 Å². The fourth-order valence-electron chi connectivity index (χ4n) is 4.40. The number of nitrogens with zero attached hydrogens (tertiary/aromatic N) is 2. The highest BCUT2D eigenvalue weighted by molar-refractivity contribution is 5.86. The third-order valence-electron chi connectivity index (χ3n) is 6.26. The molecule has 2 heterocycles. The minimum atomic E-state index is -0.379. The van der Waals surface area contributed by atoms with Crippen molar-refractivity contribution < 1.29 is 14.6 Å². The van der Waals surface area contributed by atoms with Crippen molar-refractivity contribution >= 4 is 27.8 Å². The van der Waals surface area contributed by atoms with Crippen LogP contribution in [0.5, 0.6) is 11.5 Å². The number of phenolic OH excluding ortho intramolecular Hbond substituents is 1. The summed E-state index contributed by atoms with van der Waals surface area (Å²) in [6, 6.07) is 22.5. The fraction of sp³-hybridized carbons (Fsp3) is 0.179. The Morgan fingerprint density at radius 2 is 1.86 bits per heavy atom. The lowest BCUT2D eigenvalue weighted by Crippen LogP contribution is -2.29. The molecule has 5 aromatic rings. The number of H-pyrrole nitrogens is 1. The first-order valence-corrected chi connectivity index (χ1v) is 11.5. The molecule has 0 spiro atoms. The molecule has 0 aliphatic heterocycles. The van der Waals surface area contributed by atoms with Gasteiger partial charge >= 0.3 is 0 Å². The average molecular weight is 467 g/mol. The van der Waals surface area contributed by atoms with Gasteiger partial charge in [0.25, 0.3) is 0 Å². The minimum absolute atomic E-state index is 0.0852. The van der Waals surface area contributed by atoms with E-state index in [1.807, 2.05) is 79.7 Å². The van der Waals surface area contributed by atoms with Crippen molar-refractivity contribution in [2.24, 2.45) is 0 Å². The molecule has 0 aliphatic rings. The largest absolute Gasteiger partial charge is 0.505 e. The van der Waals surface area contributed by atoms with E-state index >= 15 is 0 Å². The van der Waals surface area contributed by atoms with Crippen LogP contribution in [0.4, 0.5) is 0 Å². The summed E-state index contributed by atoms with van der Waals surface area (Å²) >= 11 is 0. The van der Waals surface area contributed by atoms with Crippen LogP contribution >= 0.6 is 0 Å². The highest BCUT2D eigenvalue weighted by Gasteiger charge is 2.24. The molecule has 7 nitrogen and oxygen atoms in total. The van der Waals surface area contributed by atoms with Crippen LogP contribution in [-0.2, 0) is 4.79 Å². The first-order valence-electron chi connectivity index (χ1n) is 11.5. The zero-order valence-electron chi connectivity index (χ0n) is 19.5. The SMILES string of the molecule is COc1ccc(C(CC(=O)NC(C)c2nc3ccccc3[nH]2)c2ccc3cccnc3c2O)cc1. The van der Waals surface area contributed by atoms with E-state index in [4.69, 9.17) is 4.74 Å². The molecule has 0 saturated heterocycles. The number of phenols is 1. The maximum Gasteiger partial charge on any atom is 0.221 e. The van der Waals surface area contributed by atoms with Crippen LogP contribution in [0.15, 0.2) is 79.0 Å². The van der Waals surface area contributed by atoms with Gasteiger partial charge in [-0.1, -0.05) is 42.5 Å². The number of rotatable bonds is 7. The number of pyridine rings is 1. The molecular weight excluding hydrogens is 440 g/mol. The van der Waals surface area contributed by atoms with E-state index in [0.717, 1.165) is 27.7 Å². The smallest absolute Gasteiger partial charge is 0.221 e. The van der Waals surface area contributed by atoms with Crippen molar-refractivity contribution in [3.63, 3.8) is 0 Å². The van der Waals surface area contributed by atoms with Gasteiger partial charge in [0.2, 0.25) is 5.91 Å². The van der Waals surface area contributed by atoms with Gasteiger partial charge in [-0.05, 0) is 42.8 Å². The number of para-hydroxylation sites is 2. The predicted octanol–water partition coefficient (Wildman–Crippen LogP) is 5.22. The number of carbonyl (C=O) groups is 1. The van der Waals surface area contributed by atoms with Crippen LogP contribution in [0.3, 0.4) is 0 Å². The lowest BCUT2D eigenvalue weighted by molar-refractivity contribution is -0.122. The van der Waals surface area contributed by atoms with E-state index in [1.54, 1.807) is 13.3 Å². The molecule has 3 aromatic carbocycles. The summed E-state index contributed by atoms with van der Waals surface area (Å²) in [5, 5.41) is 15.0. The third kappa shape index (κ3) is 4.53. The Hall–Kier alpha value is -4.39. The number of imidazole rings is 1. The van der Waals surface area contributed by atoms with Crippen molar-refractivity contribution in [3.8, 4) is 11.5 Å². The molecule has 0 radical (unpaired) electrons. The molecule has 2 aromatic heterocycles. The zero-order chi connectivity index (χ0) is 24.4. The second-order valence-electron chi connectivity index (χ2n) is 8.54. The Balaban J connectivity index is 1.44. The second kappa shape index (κ2) is 9.46. The number of hydrogen-bond acceptors (Lipinski definition) is 5. The molecular formula is C28H26N4O3. The summed E-state index contributed by atoms with van der Waals surface area (Å²) in [6.07, 6.45) is 1.79. The topological polar surface area (TPSA) is 100 Å². The first kappa shape index (κ1) is 22.4. The summed E-state index contributed by atoms with van der Waals surface area (Å²) in [5.74, 6) is 0.967. The van der Waals surface area contributed by atoms with E-state index in [1.165, 1.54) is 0 Å². The van der Waals surface area contributed by atoms with Crippen LogP contribution in [-0.4, -0.2) is 33.1 Å². The molecule has 7 heteroatoms. The second-order valence-corrected chi connectivity index (χ2v) is 8.54. The lowest BCUT2D eigenvalue weighted by Gasteiger charge is -2.21. The summed E-state index contributed by atoms with van der Waals surface area (Å²) in [5.41, 5.74) is 3.83. The van der Waals surface area contributed by atoms with Crippen LogP contribution in [0.2, 0.25) is 0 Å². The number of aromatic amines is 1. The molecule has 0 saturated carbocycles. The Labute approximate surface area is 202 Å². The van der Waals surface area contributed by atoms with Gasteiger partial charge in [-0.25, -0.2) is 4.98 Å². The summed E-state index contributed by atoms with van der Waals surface area (Å²) in [6.45, 7) is 1.90. The number of carbonyl (C=O) groups excluding carboxylic acids is 1. The van der Waals surface area contributed by atoms with Gasteiger partial charge in [-0.15, -0.1) is 0 Å². The number of hydrogen-bond donors (Lipinski definition) is 3. The zero-order valence-corrected chi connectivity index (χ0v) is 19.5. The number of fused-ring (bicyclic) bond motifs is 2. The van der Waals surface area contributed by atoms with Gasteiger partial charge in [-0.2, -0.15) is 0 Å². The molecule has 2 atom stereocenters. The van der Waals surface area contributed by atoms with Crippen molar-refractivity contribution in [1.82, 2.24) is 20.3 Å². The van der Waals surface area contributed by atoms with Gasteiger partial charge < -0.3 is 20.1 Å². The number of aromatic nitrogens is 3. The molecule has 35 heavy (non-hydrogen) atoms. The molecule has 176 valence electrons.